The molecule has 0 saturated heterocycles. The van der Waals surface area contributed by atoms with Gasteiger partial charge in [0.15, 0.2) is 0 Å². The van der Waals surface area contributed by atoms with Crippen LogP contribution in [0.5, 0.6) is 0 Å². The molecule has 0 aliphatic rings. The van der Waals surface area contributed by atoms with Gasteiger partial charge < -0.3 is 0 Å². The van der Waals surface area contributed by atoms with Crippen molar-refractivity contribution in [1.29, 1.82) is 0 Å². The number of fused-ring (bicyclic) bond motifs is 8. The van der Waals surface area contributed by atoms with Gasteiger partial charge in [0.05, 0.1) is 39.3 Å². The molecule has 4 heterocycles. The van der Waals surface area contributed by atoms with E-state index in [0.717, 1.165) is 94.0 Å². The van der Waals surface area contributed by atoms with E-state index >= 15 is 0 Å². The van der Waals surface area contributed by atoms with E-state index < -0.39 is 0 Å². The second-order valence-corrected chi connectivity index (χ2v) is 12.2. The Balaban J connectivity index is 1.31. The van der Waals surface area contributed by atoms with E-state index in [1.165, 1.54) is 0 Å². The highest BCUT2D eigenvalue weighted by molar-refractivity contribution is 6.23. The van der Waals surface area contributed by atoms with Crippen LogP contribution in [0.1, 0.15) is 0 Å². The highest BCUT2D eigenvalue weighted by Gasteiger charge is 2.21. The Hall–Kier alpha value is -6.79. The molecular formula is C43H26N6. The summed E-state index contributed by atoms with van der Waals surface area (Å²) in [7, 11) is 0. The van der Waals surface area contributed by atoms with Crippen molar-refractivity contribution in [3.05, 3.63) is 158 Å². The number of para-hydroxylation sites is 2. The highest BCUT2D eigenvalue weighted by atomic mass is 15.5. The van der Waals surface area contributed by atoms with Gasteiger partial charge >= 0.3 is 0 Å². The van der Waals surface area contributed by atoms with Crippen LogP contribution in [-0.2, 0) is 0 Å². The SMILES string of the molecule is c1ccc(-c2ccc3ccc4ccc(-c5cc6c(-c7ccccc7)nc7ccccc7c6c6nn(-c7ccccc7)nc56)nc4c3n2)cc1. The summed E-state index contributed by atoms with van der Waals surface area (Å²) in [4.78, 5) is 17.5. The zero-order valence-electron chi connectivity index (χ0n) is 26.2. The van der Waals surface area contributed by atoms with Crippen LogP contribution in [0.25, 0.3) is 94.0 Å². The van der Waals surface area contributed by atoms with E-state index in [2.05, 4.69) is 97.1 Å². The molecule has 228 valence electrons. The standard InChI is InChI=1S/C43H26N6/c1-4-12-27(13-5-1)35-24-22-29-20-21-30-23-25-37(46-41(30)40(29)44-35)33-26-34-38(43-42(33)47-49(48-43)31-16-8-3-9-17-31)32-18-10-11-19-36(32)45-39(34)28-14-6-2-7-15-28/h1-26H. The van der Waals surface area contributed by atoms with Gasteiger partial charge in [0.1, 0.15) is 11.0 Å². The van der Waals surface area contributed by atoms with Crippen LogP contribution in [0, 0.1) is 0 Å². The van der Waals surface area contributed by atoms with Gasteiger partial charge in [-0.25, -0.2) is 15.0 Å². The Labute approximate surface area is 281 Å². The average molecular weight is 627 g/mol. The maximum Gasteiger partial charge on any atom is 0.123 e. The number of rotatable bonds is 4. The predicted molar refractivity (Wildman–Crippen MR) is 199 cm³/mol. The normalized spacial score (nSPS) is 11.7. The first-order chi connectivity index (χ1) is 24.3. The van der Waals surface area contributed by atoms with Crippen LogP contribution in [-0.4, -0.2) is 29.9 Å². The summed E-state index contributed by atoms with van der Waals surface area (Å²) in [5.41, 5.74) is 10.7. The molecule has 49 heavy (non-hydrogen) atoms. The number of nitrogens with zero attached hydrogens (tertiary/aromatic N) is 6. The zero-order chi connectivity index (χ0) is 32.3. The molecule has 4 aromatic heterocycles. The van der Waals surface area contributed by atoms with Crippen molar-refractivity contribution in [1.82, 2.24) is 29.9 Å². The van der Waals surface area contributed by atoms with Crippen molar-refractivity contribution < 1.29 is 0 Å². The second kappa shape index (κ2) is 10.9. The molecule has 0 aliphatic heterocycles. The molecule has 0 fully saturated rings. The average Bonchev–Trinajstić information content (AvgIpc) is 3.63. The van der Waals surface area contributed by atoms with Crippen LogP contribution in [0.4, 0.5) is 0 Å². The molecule has 0 aliphatic carbocycles. The third kappa shape index (κ3) is 4.46. The van der Waals surface area contributed by atoms with Gasteiger partial charge in [-0.2, -0.15) is 4.80 Å². The van der Waals surface area contributed by atoms with Crippen LogP contribution >= 0.6 is 0 Å². The van der Waals surface area contributed by atoms with Crippen molar-refractivity contribution in [3.8, 4) is 39.5 Å². The third-order valence-electron chi connectivity index (χ3n) is 9.22. The summed E-state index contributed by atoms with van der Waals surface area (Å²) in [5.74, 6) is 0. The Morgan fingerprint density at radius 2 is 0.980 bits per heavy atom. The predicted octanol–water partition coefficient (Wildman–Crippen LogP) is 10.2. The van der Waals surface area contributed by atoms with E-state index in [9.17, 15) is 0 Å². The van der Waals surface area contributed by atoms with E-state index in [0.29, 0.717) is 0 Å². The van der Waals surface area contributed by atoms with Crippen LogP contribution in [0.3, 0.4) is 0 Å². The van der Waals surface area contributed by atoms with Crippen LogP contribution in [0.15, 0.2) is 158 Å². The Morgan fingerprint density at radius 1 is 0.408 bits per heavy atom. The van der Waals surface area contributed by atoms with Crippen molar-refractivity contribution in [2.75, 3.05) is 0 Å². The summed E-state index contributed by atoms with van der Waals surface area (Å²) in [6.45, 7) is 0. The Morgan fingerprint density at radius 3 is 1.71 bits per heavy atom. The minimum absolute atomic E-state index is 0.775. The van der Waals surface area contributed by atoms with E-state index in [1.807, 2.05) is 60.7 Å². The van der Waals surface area contributed by atoms with Crippen molar-refractivity contribution in [2.45, 2.75) is 0 Å². The topological polar surface area (TPSA) is 69.4 Å². The second-order valence-electron chi connectivity index (χ2n) is 12.2. The van der Waals surface area contributed by atoms with Gasteiger partial charge in [-0.05, 0) is 36.4 Å². The molecule has 10 aromatic rings. The lowest BCUT2D eigenvalue weighted by Gasteiger charge is -2.13. The zero-order valence-corrected chi connectivity index (χ0v) is 26.2. The molecule has 0 radical (unpaired) electrons. The fraction of sp³-hybridized carbons (Fsp3) is 0. The lowest BCUT2D eigenvalue weighted by Crippen LogP contribution is -1.97. The molecule has 0 unspecified atom stereocenters. The minimum Gasteiger partial charge on any atom is -0.247 e. The van der Waals surface area contributed by atoms with Gasteiger partial charge in [-0.1, -0.05) is 121 Å². The van der Waals surface area contributed by atoms with Gasteiger partial charge in [-0.15, -0.1) is 10.2 Å². The fourth-order valence-corrected chi connectivity index (χ4v) is 6.87. The highest BCUT2D eigenvalue weighted by Crippen LogP contribution is 2.41. The summed E-state index contributed by atoms with van der Waals surface area (Å²) in [6, 6.07) is 53.8. The molecule has 0 atom stereocenters. The maximum absolute atomic E-state index is 5.35. The number of aromatic nitrogens is 6. The number of benzene rings is 6. The molecule has 0 N–H and O–H groups in total. The van der Waals surface area contributed by atoms with E-state index in [-0.39, 0.29) is 0 Å². The number of hydrogen-bond donors (Lipinski definition) is 0. The molecule has 0 bridgehead atoms. The third-order valence-corrected chi connectivity index (χ3v) is 9.22. The first kappa shape index (κ1) is 27.3. The van der Waals surface area contributed by atoms with Crippen molar-refractivity contribution in [2.24, 2.45) is 0 Å². The molecule has 0 amide bonds. The number of pyridine rings is 3. The fourth-order valence-electron chi connectivity index (χ4n) is 6.87. The quantitative estimate of drug-likeness (QED) is 0.182. The molecule has 6 nitrogen and oxygen atoms in total. The van der Waals surface area contributed by atoms with E-state index in [4.69, 9.17) is 25.1 Å². The van der Waals surface area contributed by atoms with Crippen molar-refractivity contribution in [3.63, 3.8) is 0 Å². The lowest BCUT2D eigenvalue weighted by atomic mass is 9.95. The maximum atomic E-state index is 5.35. The van der Waals surface area contributed by atoms with Crippen molar-refractivity contribution >= 4 is 54.5 Å². The summed E-state index contributed by atoms with van der Waals surface area (Å²) < 4.78 is 0. The van der Waals surface area contributed by atoms with E-state index in [1.54, 1.807) is 4.80 Å². The molecule has 6 heteroatoms. The molecule has 6 aromatic carbocycles. The smallest absolute Gasteiger partial charge is 0.123 e. The summed E-state index contributed by atoms with van der Waals surface area (Å²) in [5, 5.41) is 15.4. The van der Waals surface area contributed by atoms with Gasteiger partial charge in [0, 0.05) is 43.6 Å². The molecular weight excluding hydrogens is 601 g/mol. The molecule has 10 rings (SSSR count). The van der Waals surface area contributed by atoms with Crippen LogP contribution in [0.2, 0.25) is 0 Å². The Kier molecular flexibility index (Phi) is 6.08. The molecule has 0 saturated carbocycles. The molecule has 0 spiro atoms. The summed E-state index contributed by atoms with van der Waals surface area (Å²) >= 11 is 0. The lowest BCUT2D eigenvalue weighted by molar-refractivity contribution is 0.766. The summed E-state index contributed by atoms with van der Waals surface area (Å²) in [6.07, 6.45) is 0. The Bertz CT molecular complexity index is 2860. The minimum atomic E-state index is 0.775. The first-order valence-electron chi connectivity index (χ1n) is 16.3. The first-order valence-corrected chi connectivity index (χ1v) is 16.3. The number of hydrogen-bond acceptors (Lipinski definition) is 5. The van der Waals surface area contributed by atoms with Gasteiger partial charge in [0.25, 0.3) is 0 Å². The van der Waals surface area contributed by atoms with Crippen LogP contribution < -0.4 is 0 Å². The van der Waals surface area contributed by atoms with Gasteiger partial charge in [-0.3, -0.25) is 0 Å². The largest absolute Gasteiger partial charge is 0.247 e. The van der Waals surface area contributed by atoms with Gasteiger partial charge in [0.2, 0.25) is 0 Å². The monoisotopic (exact) mass is 626 g/mol.